The summed E-state index contributed by atoms with van der Waals surface area (Å²) in [4.78, 5) is 24.1. The second kappa shape index (κ2) is 7.45. The number of ether oxygens (including phenoxy) is 2. The van der Waals surface area contributed by atoms with E-state index in [2.05, 4.69) is 5.32 Å². The first-order valence-electron chi connectivity index (χ1n) is 5.47. The molecule has 18 heavy (non-hydrogen) atoms. The highest BCUT2D eigenvalue weighted by Gasteiger charge is 2.34. The van der Waals surface area contributed by atoms with Crippen LogP contribution in [0, 0.1) is 0 Å². The summed E-state index contributed by atoms with van der Waals surface area (Å²) in [7, 11) is 3.08. The highest BCUT2D eigenvalue weighted by molar-refractivity contribution is 7.99. The number of carboxylic acid groups (broad SMARTS) is 1. The number of nitrogens with one attached hydrogen (secondary N) is 1. The standard InChI is InChI=1S/C10H18N2O5S/c1-16-4-7(17-2)3-11-10(15)12-6-18-5-8(12)9(13)14/h7-8H,3-6H2,1-2H3,(H,11,15)(H,13,14)/t7?,8-/m0/s1. The minimum Gasteiger partial charge on any atom is -0.480 e. The molecule has 0 bridgehead atoms. The van der Waals surface area contributed by atoms with Crippen LogP contribution < -0.4 is 5.32 Å². The van der Waals surface area contributed by atoms with Gasteiger partial charge in [0.15, 0.2) is 0 Å². The van der Waals surface area contributed by atoms with Crippen molar-refractivity contribution >= 4 is 23.8 Å². The van der Waals surface area contributed by atoms with Crippen molar-refractivity contribution < 1.29 is 24.2 Å². The van der Waals surface area contributed by atoms with Crippen LogP contribution in [0.5, 0.6) is 0 Å². The average Bonchev–Trinajstić information content (AvgIpc) is 2.83. The van der Waals surface area contributed by atoms with E-state index >= 15 is 0 Å². The summed E-state index contributed by atoms with van der Waals surface area (Å²) < 4.78 is 10.0. The van der Waals surface area contributed by atoms with E-state index in [-0.39, 0.29) is 18.7 Å². The number of methoxy groups -OCH3 is 2. The summed E-state index contributed by atoms with van der Waals surface area (Å²) in [6, 6.07) is -1.14. The molecule has 2 atom stereocenters. The quantitative estimate of drug-likeness (QED) is 0.700. The van der Waals surface area contributed by atoms with Gasteiger partial charge in [-0.2, -0.15) is 0 Å². The molecule has 0 aromatic carbocycles. The summed E-state index contributed by atoms with van der Waals surface area (Å²) >= 11 is 1.43. The van der Waals surface area contributed by atoms with Crippen molar-refractivity contribution in [2.75, 3.05) is 39.0 Å². The van der Waals surface area contributed by atoms with Gasteiger partial charge in [0.2, 0.25) is 0 Å². The molecule has 8 heteroatoms. The zero-order valence-electron chi connectivity index (χ0n) is 10.4. The van der Waals surface area contributed by atoms with Crippen LogP contribution in [0.2, 0.25) is 0 Å². The number of carbonyl (C=O) groups excluding carboxylic acids is 1. The number of nitrogens with zero attached hydrogens (tertiary/aromatic N) is 1. The molecule has 1 aliphatic heterocycles. The first kappa shape index (κ1) is 15.1. The number of carbonyl (C=O) groups is 2. The Hall–Kier alpha value is -0.990. The third-order valence-corrected chi connectivity index (χ3v) is 3.61. The Labute approximate surface area is 110 Å². The number of thioether (sulfide) groups is 1. The molecule has 1 unspecified atom stereocenters. The van der Waals surface area contributed by atoms with Gasteiger partial charge in [0, 0.05) is 26.5 Å². The van der Waals surface area contributed by atoms with Crippen LogP contribution in [-0.2, 0) is 14.3 Å². The monoisotopic (exact) mass is 278 g/mol. The molecule has 2 N–H and O–H groups in total. The van der Waals surface area contributed by atoms with Gasteiger partial charge in [-0.15, -0.1) is 11.8 Å². The van der Waals surface area contributed by atoms with Gasteiger partial charge in [-0.25, -0.2) is 9.59 Å². The van der Waals surface area contributed by atoms with Gasteiger partial charge in [-0.05, 0) is 0 Å². The summed E-state index contributed by atoms with van der Waals surface area (Å²) in [5, 5.41) is 11.6. The molecule has 1 rings (SSSR count). The molecule has 1 saturated heterocycles. The lowest BCUT2D eigenvalue weighted by atomic mass is 10.3. The fraction of sp³-hybridized carbons (Fsp3) is 0.800. The van der Waals surface area contributed by atoms with Crippen molar-refractivity contribution in [1.82, 2.24) is 10.2 Å². The number of urea groups is 1. The molecule has 0 saturated carbocycles. The van der Waals surface area contributed by atoms with E-state index in [0.717, 1.165) is 0 Å². The van der Waals surface area contributed by atoms with E-state index in [1.165, 1.54) is 23.8 Å². The second-order valence-electron chi connectivity index (χ2n) is 3.82. The number of amides is 2. The van der Waals surface area contributed by atoms with Crippen molar-refractivity contribution in [3.8, 4) is 0 Å². The number of rotatable bonds is 6. The highest BCUT2D eigenvalue weighted by atomic mass is 32.2. The van der Waals surface area contributed by atoms with E-state index in [1.54, 1.807) is 7.11 Å². The molecular weight excluding hydrogens is 260 g/mol. The molecule has 1 aliphatic rings. The van der Waals surface area contributed by atoms with Crippen molar-refractivity contribution in [3.63, 3.8) is 0 Å². The molecule has 0 spiro atoms. The van der Waals surface area contributed by atoms with Crippen LogP contribution in [0.25, 0.3) is 0 Å². The Balaban J connectivity index is 2.42. The molecule has 0 radical (unpaired) electrons. The van der Waals surface area contributed by atoms with E-state index in [0.29, 0.717) is 18.2 Å². The summed E-state index contributed by atoms with van der Waals surface area (Å²) in [6.45, 7) is 0.657. The summed E-state index contributed by atoms with van der Waals surface area (Å²) in [5.74, 6) is -0.158. The maximum Gasteiger partial charge on any atom is 0.327 e. The fourth-order valence-electron chi connectivity index (χ4n) is 1.55. The van der Waals surface area contributed by atoms with Gasteiger partial charge in [0.25, 0.3) is 0 Å². The van der Waals surface area contributed by atoms with Crippen molar-refractivity contribution in [3.05, 3.63) is 0 Å². The molecule has 0 aliphatic carbocycles. The molecule has 2 amide bonds. The predicted molar refractivity (Wildman–Crippen MR) is 66.7 cm³/mol. The summed E-state index contributed by atoms with van der Waals surface area (Å²) in [5.41, 5.74) is 0. The molecule has 104 valence electrons. The van der Waals surface area contributed by atoms with E-state index in [1.807, 2.05) is 0 Å². The average molecular weight is 278 g/mol. The number of hydrogen-bond donors (Lipinski definition) is 2. The topological polar surface area (TPSA) is 88.1 Å². The van der Waals surface area contributed by atoms with Gasteiger partial charge < -0.3 is 24.8 Å². The molecular formula is C10H18N2O5S. The van der Waals surface area contributed by atoms with Gasteiger partial charge in [0.05, 0.1) is 18.6 Å². The van der Waals surface area contributed by atoms with Crippen molar-refractivity contribution in [2.24, 2.45) is 0 Å². The smallest absolute Gasteiger partial charge is 0.327 e. The Morgan fingerprint density at radius 3 is 2.83 bits per heavy atom. The minimum absolute atomic E-state index is 0.238. The first-order chi connectivity index (χ1) is 8.60. The predicted octanol–water partition coefficient (Wildman–Crippen LogP) is -0.183. The Kier molecular flexibility index (Phi) is 6.23. The van der Waals surface area contributed by atoms with Crippen molar-refractivity contribution in [2.45, 2.75) is 12.1 Å². The van der Waals surface area contributed by atoms with Gasteiger partial charge in [-0.3, -0.25) is 0 Å². The lowest BCUT2D eigenvalue weighted by Gasteiger charge is -2.22. The number of aliphatic carboxylic acids is 1. The third-order valence-electron chi connectivity index (χ3n) is 2.60. The van der Waals surface area contributed by atoms with Crippen LogP contribution in [0.4, 0.5) is 4.79 Å². The Bertz CT molecular complexity index is 302. The van der Waals surface area contributed by atoms with Crippen LogP contribution in [-0.4, -0.2) is 73.2 Å². The van der Waals surface area contributed by atoms with E-state index in [4.69, 9.17) is 14.6 Å². The van der Waals surface area contributed by atoms with E-state index in [9.17, 15) is 9.59 Å². The molecule has 1 heterocycles. The second-order valence-corrected chi connectivity index (χ2v) is 4.82. The van der Waals surface area contributed by atoms with Gasteiger partial charge in [-0.1, -0.05) is 0 Å². The van der Waals surface area contributed by atoms with Crippen LogP contribution in [0.15, 0.2) is 0 Å². The van der Waals surface area contributed by atoms with E-state index < -0.39 is 12.0 Å². The minimum atomic E-state index is -0.977. The number of hydrogen-bond acceptors (Lipinski definition) is 5. The number of carboxylic acids is 1. The molecule has 0 aromatic rings. The van der Waals surface area contributed by atoms with Crippen LogP contribution >= 0.6 is 11.8 Å². The third kappa shape index (κ3) is 4.04. The molecule has 7 nitrogen and oxygen atoms in total. The van der Waals surface area contributed by atoms with Crippen molar-refractivity contribution in [1.29, 1.82) is 0 Å². The first-order valence-corrected chi connectivity index (χ1v) is 6.62. The maximum absolute atomic E-state index is 11.8. The SMILES string of the molecule is COCC(CNC(=O)N1CSC[C@H]1C(=O)O)OC. The highest BCUT2D eigenvalue weighted by Crippen LogP contribution is 2.20. The largest absolute Gasteiger partial charge is 0.480 e. The Morgan fingerprint density at radius 1 is 1.56 bits per heavy atom. The zero-order chi connectivity index (χ0) is 13.5. The molecule has 0 aromatic heterocycles. The fourth-order valence-corrected chi connectivity index (χ4v) is 2.69. The summed E-state index contributed by atoms with van der Waals surface area (Å²) in [6.07, 6.45) is -0.238. The lowest BCUT2D eigenvalue weighted by Crippen LogP contribution is -2.49. The molecule has 1 fully saturated rings. The van der Waals surface area contributed by atoms with Crippen LogP contribution in [0.3, 0.4) is 0 Å². The van der Waals surface area contributed by atoms with Gasteiger partial charge >= 0.3 is 12.0 Å². The normalized spacial score (nSPS) is 20.8. The maximum atomic E-state index is 11.8. The van der Waals surface area contributed by atoms with Crippen LogP contribution in [0.1, 0.15) is 0 Å². The Morgan fingerprint density at radius 2 is 2.28 bits per heavy atom. The van der Waals surface area contributed by atoms with Gasteiger partial charge in [0.1, 0.15) is 6.04 Å². The lowest BCUT2D eigenvalue weighted by molar-refractivity contribution is -0.140. The zero-order valence-corrected chi connectivity index (χ0v) is 11.2.